The number of carboxylic acid groups (broad SMARTS) is 1. The third-order valence-corrected chi connectivity index (χ3v) is 5.74. The second-order valence-corrected chi connectivity index (χ2v) is 7.89. The van der Waals surface area contributed by atoms with Crippen molar-refractivity contribution in [2.75, 3.05) is 6.61 Å². The summed E-state index contributed by atoms with van der Waals surface area (Å²) in [6.45, 7) is 2.15. The number of amides is 1. The zero-order valence-electron chi connectivity index (χ0n) is 17.4. The first kappa shape index (κ1) is 20.7. The number of hydrogen-bond donors (Lipinski definition) is 2. The van der Waals surface area contributed by atoms with Crippen molar-refractivity contribution in [1.29, 1.82) is 0 Å². The van der Waals surface area contributed by atoms with Gasteiger partial charge >= 0.3 is 12.1 Å². The van der Waals surface area contributed by atoms with Crippen LogP contribution in [0.25, 0.3) is 11.1 Å². The van der Waals surface area contributed by atoms with Gasteiger partial charge in [-0.2, -0.15) is 0 Å². The van der Waals surface area contributed by atoms with Crippen molar-refractivity contribution < 1.29 is 19.4 Å². The number of carboxylic acids is 1. The molecule has 1 amide bonds. The van der Waals surface area contributed by atoms with Crippen LogP contribution in [0.1, 0.15) is 34.6 Å². The van der Waals surface area contributed by atoms with Gasteiger partial charge in [-0.05, 0) is 47.6 Å². The summed E-state index contributed by atoms with van der Waals surface area (Å²) in [6, 6.07) is 23.1. The van der Waals surface area contributed by atoms with Crippen molar-refractivity contribution in [1.82, 2.24) is 5.32 Å². The summed E-state index contributed by atoms with van der Waals surface area (Å²) in [5, 5.41) is 12.0. The molecule has 3 aromatic carbocycles. The van der Waals surface area contributed by atoms with Gasteiger partial charge in [0, 0.05) is 5.92 Å². The minimum atomic E-state index is -1.07. The average molecular weight is 415 g/mol. The third-order valence-electron chi connectivity index (χ3n) is 5.74. The minimum absolute atomic E-state index is 0.0614. The fourth-order valence-electron chi connectivity index (χ4n) is 4.22. The van der Waals surface area contributed by atoms with Gasteiger partial charge in [-0.15, -0.1) is 0 Å². The summed E-state index contributed by atoms with van der Waals surface area (Å²) < 4.78 is 5.48. The molecule has 0 saturated carbocycles. The van der Waals surface area contributed by atoms with Crippen LogP contribution in [0.5, 0.6) is 0 Å². The Kier molecular flexibility index (Phi) is 6.03. The molecular weight excluding hydrogens is 390 g/mol. The topological polar surface area (TPSA) is 75.6 Å². The molecule has 4 rings (SSSR count). The first-order valence-electron chi connectivity index (χ1n) is 10.4. The Morgan fingerprint density at radius 2 is 1.61 bits per heavy atom. The van der Waals surface area contributed by atoms with Crippen LogP contribution >= 0.6 is 0 Å². The molecule has 0 radical (unpaired) electrons. The Balaban J connectivity index is 1.38. The Morgan fingerprint density at radius 3 is 2.23 bits per heavy atom. The maximum atomic E-state index is 12.4. The van der Waals surface area contributed by atoms with Crippen LogP contribution in [0.2, 0.25) is 0 Å². The van der Waals surface area contributed by atoms with E-state index in [0.29, 0.717) is 12.8 Å². The highest BCUT2D eigenvalue weighted by atomic mass is 16.5. The lowest BCUT2D eigenvalue weighted by Crippen LogP contribution is -2.41. The highest BCUT2D eigenvalue weighted by Gasteiger charge is 2.29. The molecule has 1 aliphatic carbocycles. The van der Waals surface area contributed by atoms with Gasteiger partial charge < -0.3 is 15.2 Å². The maximum Gasteiger partial charge on any atom is 0.407 e. The molecule has 0 unspecified atom stereocenters. The van der Waals surface area contributed by atoms with Crippen LogP contribution < -0.4 is 5.32 Å². The predicted octanol–water partition coefficient (Wildman–Crippen LogP) is 4.92. The van der Waals surface area contributed by atoms with E-state index < -0.39 is 18.1 Å². The van der Waals surface area contributed by atoms with Crippen LogP contribution in [-0.2, 0) is 16.0 Å². The number of aryl methyl sites for hydroxylation is 2. The van der Waals surface area contributed by atoms with Gasteiger partial charge in [-0.1, -0.05) is 78.4 Å². The second-order valence-electron chi connectivity index (χ2n) is 7.89. The molecule has 1 aliphatic rings. The molecule has 2 N–H and O–H groups in total. The van der Waals surface area contributed by atoms with E-state index in [0.717, 1.165) is 33.4 Å². The minimum Gasteiger partial charge on any atom is -0.480 e. The maximum absolute atomic E-state index is 12.4. The number of hydrogen-bond acceptors (Lipinski definition) is 3. The lowest BCUT2D eigenvalue weighted by Gasteiger charge is -2.17. The molecule has 158 valence electrons. The Bertz CT molecular complexity index is 1060. The average Bonchev–Trinajstić information content (AvgIpc) is 3.09. The fourth-order valence-corrected chi connectivity index (χ4v) is 4.22. The summed E-state index contributed by atoms with van der Waals surface area (Å²) in [5.41, 5.74) is 6.69. The molecule has 0 saturated heterocycles. The van der Waals surface area contributed by atoms with Gasteiger partial charge in [-0.25, -0.2) is 9.59 Å². The van der Waals surface area contributed by atoms with Crippen molar-refractivity contribution in [2.45, 2.75) is 31.7 Å². The molecule has 5 nitrogen and oxygen atoms in total. The van der Waals surface area contributed by atoms with Crippen molar-refractivity contribution in [3.05, 3.63) is 95.1 Å². The fraction of sp³-hybridized carbons (Fsp3) is 0.231. The van der Waals surface area contributed by atoms with E-state index >= 15 is 0 Å². The van der Waals surface area contributed by atoms with E-state index in [1.807, 2.05) is 67.6 Å². The van der Waals surface area contributed by atoms with E-state index in [-0.39, 0.29) is 12.5 Å². The van der Waals surface area contributed by atoms with Gasteiger partial charge in [0.05, 0.1) is 0 Å². The molecule has 3 aromatic rings. The molecule has 0 fully saturated rings. The van der Waals surface area contributed by atoms with Gasteiger partial charge in [-0.3, -0.25) is 0 Å². The van der Waals surface area contributed by atoms with Crippen LogP contribution in [-0.4, -0.2) is 29.8 Å². The quantitative estimate of drug-likeness (QED) is 0.574. The molecule has 0 heterocycles. The lowest BCUT2D eigenvalue weighted by atomic mass is 9.98. The summed E-state index contributed by atoms with van der Waals surface area (Å²) >= 11 is 0. The normalized spacial score (nSPS) is 13.2. The zero-order valence-corrected chi connectivity index (χ0v) is 17.4. The first-order chi connectivity index (χ1) is 15.0. The Hall–Kier alpha value is -3.60. The zero-order chi connectivity index (χ0) is 21.8. The number of aliphatic carboxylic acids is 1. The molecule has 0 bridgehead atoms. The van der Waals surface area contributed by atoms with Gasteiger partial charge in [0.1, 0.15) is 12.6 Å². The van der Waals surface area contributed by atoms with Crippen LogP contribution in [0.3, 0.4) is 0 Å². The summed E-state index contributed by atoms with van der Waals surface area (Å²) in [5.74, 6) is -1.13. The SMILES string of the molecule is Cc1cccc(CC[C@H](NC(=O)OCC2c3ccccc3-c3ccccc32)C(=O)O)c1. The smallest absolute Gasteiger partial charge is 0.407 e. The number of nitrogens with one attached hydrogen (secondary N) is 1. The van der Waals surface area contributed by atoms with E-state index in [4.69, 9.17) is 4.74 Å². The summed E-state index contributed by atoms with van der Waals surface area (Å²) in [7, 11) is 0. The molecule has 0 aromatic heterocycles. The lowest BCUT2D eigenvalue weighted by molar-refractivity contribution is -0.139. The number of alkyl carbamates (subject to hydrolysis) is 1. The standard InChI is InChI=1S/C26H25NO4/c1-17-7-6-8-18(15-17)13-14-24(25(28)29)27-26(30)31-16-23-21-11-4-2-9-19(21)20-10-3-5-12-22(20)23/h2-12,15,23-24H,13-14,16H2,1H3,(H,27,30)(H,28,29)/t24-/m0/s1. The number of rotatable bonds is 7. The molecule has 0 spiro atoms. The predicted molar refractivity (Wildman–Crippen MR) is 119 cm³/mol. The van der Waals surface area contributed by atoms with Crippen molar-refractivity contribution in [2.24, 2.45) is 0 Å². The van der Waals surface area contributed by atoms with E-state index in [1.165, 1.54) is 0 Å². The molecule has 5 heteroatoms. The monoisotopic (exact) mass is 415 g/mol. The molecular formula is C26H25NO4. The van der Waals surface area contributed by atoms with Gasteiger partial charge in [0.15, 0.2) is 0 Å². The summed E-state index contributed by atoms with van der Waals surface area (Å²) in [6.07, 6.45) is 0.143. The Labute approximate surface area is 181 Å². The second kappa shape index (κ2) is 9.04. The van der Waals surface area contributed by atoms with Gasteiger partial charge in [0.25, 0.3) is 0 Å². The number of carbonyl (C=O) groups is 2. The van der Waals surface area contributed by atoms with Crippen molar-refractivity contribution in [3.63, 3.8) is 0 Å². The van der Waals surface area contributed by atoms with Crippen LogP contribution in [0, 0.1) is 6.92 Å². The summed E-state index contributed by atoms with van der Waals surface area (Å²) in [4.78, 5) is 24.0. The van der Waals surface area contributed by atoms with Crippen molar-refractivity contribution >= 4 is 12.1 Å². The van der Waals surface area contributed by atoms with E-state index in [1.54, 1.807) is 0 Å². The highest BCUT2D eigenvalue weighted by molar-refractivity contribution is 5.81. The van der Waals surface area contributed by atoms with Crippen LogP contribution in [0.15, 0.2) is 72.8 Å². The number of fused-ring (bicyclic) bond motifs is 3. The number of carbonyl (C=O) groups excluding carboxylic acids is 1. The first-order valence-corrected chi connectivity index (χ1v) is 10.4. The number of ether oxygens (including phenoxy) is 1. The van der Waals surface area contributed by atoms with Crippen LogP contribution in [0.4, 0.5) is 4.79 Å². The molecule has 0 aliphatic heterocycles. The van der Waals surface area contributed by atoms with Crippen molar-refractivity contribution in [3.8, 4) is 11.1 Å². The third kappa shape index (κ3) is 4.61. The van der Waals surface area contributed by atoms with E-state index in [2.05, 4.69) is 17.4 Å². The molecule has 31 heavy (non-hydrogen) atoms. The molecule has 1 atom stereocenters. The van der Waals surface area contributed by atoms with E-state index in [9.17, 15) is 14.7 Å². The number of benzene rings is 3. The Morgan fingerprint density at radius 1 is 0.968 bits per heavy atom. The highest BCUT2D eigenvalue weighted by Crippen LogP contribution is 2.44. The largest absolute Gasteiger partial charge is 0.480 e. The van der Waals surface area contributed by atoms with Gasteiger partial charge in [0.2, 0.25) is 0 Å².